The molecule has 0 unspecified atom stereocenters. The van der Waals surface area contributed by atoms with E-state index in [2.05, 4.69) is 17.0 Å². The van der Waals surface area contributed by atoms with Gasteiger partial charge in [-0.25, -0.2) is 0 Å². The maximum absolute atomic E-state index is 13.5. The van der Waals surface area contributed by atoms with Crippen LogP contribution >= 0.6 is 0 Å². The average molecular weight is 634 g/mol. The molecule has 8 nitrogen and oxygen atoms in total. The summed E-state index contributed by atoms with van der Waals surface area (Å²) >= 11 is 0. The highest BCUT2D eigenvalue weighted by Gasteiger charge is 2.80. The molecule has 240 valence electrons. The van der Waals surface area contributed by atoms with Gasteiger partial charge in [0.15, 0.2) is 11.5 Å². The van der Waals surface area contributed by atoms with Crippen LogP contribution in [0.4, 0.5) is 13.2 Å². The maximum atomic E-state index is 13.5. The molecule has 0 radical (unpaired) electrons. The number of alkyl halides is 3. The molecule has 2 aliphatic heterocycles. The molecule has 1 spiro atoms. The first-order valence-corrected chi connectivity index (χ1v) is 15.5. The number of aromatic hydroxyl groups is 1. The Balaban J connectivity index is 1.23. The van der Waals surface area contributed by atoms with E-state index in [0.29, 0.717) is 37.9 Å². The minimum absolute atomic E-state index is 0.0816. The van der Waals surface area contributed by atoms with E-state index in [1.807, 2.05) is 24.3 Å². The number of phenolic OH excluding ortho intramolecular Hbond substituents is 1. The van der Waals surface area contributed by atoms with Crippen molar-refractivity contribution in [3.8, 4) is 11.5 Å². The van der Waals surface area contributed by atoms with Crippen molar-refractivity contribution in [2.24, 2.45) is 0 Å². The Morgan fingerprint density at radius 3 is 2.67 bits per heavy atom. The Morgan fingerprint density at radius 2 is 1.93 bits per heavy atom. The van der Waals surface area contributed by atoms with Crippen molar-refractivity contribution in [3.05, 3.63) is 111 Å². The lowest BCUT2D eigenvalue weighted by Gasteiger charge is -2.61. The van der Waals surface area contributed by atoms with E-state index in [9.17, 15) is 33.2 Å². The molecule has 2 fully saturated rings. The van der Waals surface area contributed by atoms with Crippen LogP contribution in [-0.4, -0.2) is 69.6 Å². The van der Waals surface area contributed by atoms with E-state index in [1.54, 1.807) is 13.1 Å². The van der Waals surface area contributed by atoms with E-state index >= 15 is 0 Å². The lowest BCUT2D eigenvalue weighted by Crippen LogP contribution is -2.80. The quantitative estimate of drug-likeness (QED) is 0.206. The van der Waals surface area contributed by atoms with Crippen LogP contribution in [0.1, 0.15) is 47.1 Å². The van der Waals surface area contributed by atoms with Gasteiger partial charge in [-0.2, -0.15) is 13.2 Å². The number of amides is 1. The van der Waals surface area contributed by atoms with E-state index in [0.717, 1.165) is 29.7 Å². The molecule has 46 heavy (non-hydrogen) atoms. The molecule has 2 heterocycles. The number of rotatable bonds is 7. The minimum atomic E-state index is -4.51. The smallest absolute Gasteiger partial charge is 0.416 e. The molecule has 5 atom stereocenters. The number of phenols is 1. The van der Waals surface area contributed by atoms with Crippen molar-refractivity contribution in [1.82, 2.24) is 9.80 Å². The lowest BCUT2D eigenvalue weighted by molar-refractivity contribution is -0.606. The van der Waals surface area contributed by atoms with E-state index in [-0.39, 0.29) is 28.4 Å². The lowest BCUT2D eigenvalue weighted by atomic mass is 9.46. The predicted molar refractivity (Wildman–Crippen MR) is 164 cm³/mol. The Kier molecular flexibility index (Phi) is 7.15. The van der Waals surface area contributed by atoms with E-state index in [4.69, 9.17) is 4.74 Å². The molecule has 1 saturated carbocycles. The zero-order chi connectivity index (χ0) is 32.4. The Bertz CT molecular complexity index is 1730. The summed E-state index contributed by atoms with van der Waals surface area (Å²) in [4.78, 5) is 30.6. The number of likely N-dealkylation sites (tertiary alicyclic amines) is 1. The first-order valence-electron chi connectivity index (χ1n) is 15.5. The van der Waals surface area contributed by atoms with Gasteiger partial charge in [-0.15, -0.1) is 0 Å². The molecule has 3 aromatic carbocycles. The molecule has 11 heteroatoms. The number of likely N-dealkylation sites (N-methyl/N-ethyl adjacent to an activating group) is 1. The van der Waals surface area contributed by atoms with Crippen LogP contribution in [0.15, 0.2) is 72.8 Å². The van der Waals surface area contributed by atoms with Gasteiger partial charge >= 0.3 is 6.18 Å². The van der Waals surface area contributed by atoms with Crippen LogP contribution in [0.25, 0.3) is 6.08 Å². The van der Waals surface area contributed by atoms with Crippen LogP contribution in [0.5, 0.6) is 11.5 Å². The fourth-order valence-corrected chi connectivity index (χ4v) is 8.83. The topological polar surface area (TPSA) is 96.2 Å². The fourth-order valence-electron chi connectivity index (χ4n) is 8.83. The predicted octanol–water partition coefficient (Wildman–Crippen LogP) is 5.63. The zero-order valence-corrected chi connectivity index (χ0v) is 25.2. The SMILES string of the molecule is CN(C(=O)C=Cc1cccc(C(F)(F)F)c1)[C@H]1CC[C@@]2([N+](=O)[O-])[C@H]3Cc4ccc(O)c5c4[C@@]2(CCN3CCc2ccccc2)[C@H]1O5. The summed E-state index contributed by atoms with van der Waals surface area (Å²) in [7, 11) is 1.60. The maximum Gasteiger partial charge on any atom is 0.416 e. The molecular weight excluding hydrogens is 599 g/mol. The van der Waals surface area contributed by atoms with E-state index < -0.39 is 46.8 Å². The number of carbonyl (C=O) groups is 1. The summed E-state index contributed by atoms with van der Waals surface area (Å²) in [5.74, 6) is -0.275. The Hall–Kier alpha value is -4.38. The first kappa shape index (κ1) is 30.3. The van der Waals surface area contributed by atoms with Crippen molar-refractivity contribution >= 4 is 12.0 Å². The van der Waals surface area contributed by atoms with Crippen molar-refractivity contribution < 1.29 is 32.7 Å². The Morgan fingerprint density at radius 1 is 1.15 bits per heavy atom. The second-order valence-corrected chi connectivity index (χ2v) is 12.9. The van der Waals surface area contributed by atoms with Gasteiger partial charge in [0.25, 0.3) is 5.54 Å². The second kappa shape index (κ2) is 10.9. The van der Waals surface area contributed by atoms with Gasteiger partial charge in [-0.1, -0.05) is 48.5 Å². The number of ether oxygens (including phenoxy) is 1. The molecule has 7 rings (SSSR count). The number of hydrogen-bond acceptors (Lipinski definition) is 6. The van der Waals surface area contributed by atoms with Crippen LogP contribution in [0.2, 0.25) is 0 Å². The second-order valence-electron chi connectivity index (χ2n) is 12.9. The third-order valence-electron chi connectivity index (χ3n) is 10.9. The van der Waals surface area contributed by atoms with Gasteiger partial charge in [-0.3, -0.25) is 19.8 Å². The molecule has 0 aromatic heterocycles. The number of nitrogens with zero attached hydrogens (tertiary/aromatic N) is 3. The largest absolute Gasteiger partial charge is 0.504 e. The van der Waals surface area contributed by atoms with Crippen molar-refractivity contribution in [2.45, 2.75) is 67.4 Å². The summed E-state index contributed by atoms with van der Waals surface area (Å²) in [5.41, 5.74) is -0.290. The highest BCUT2D eigenvalue weighted by Crippen LogP contribution is 2.66. The Labute approximate surface area is 264 Å². The average Bonchev–Trinajstić information content (AvgIpc) is 3.39. The van der Waals surface area contributed by atoms with Gasteiger partial charge in [-0.05, 0) is 73.2 Å². The monoisotopic (exact) mass is 633 g/mol. The van der Waals surface area contributed by atoms with Crippen molar-refractivity contribution in [2.75, 3.05) is 20.1 Å². The fraction of sp³-hybridized carbons (Fsp3) is 0.400. The van der Waals surface area contributed by atoms with Crippen LogP contribution in [0.3, 0.4) is 0 Å². The standard InChI is InChI=1S/C35H34F3N3O5/c1-39(29(43)13-10-23-8-5-9-25(20-23)35(36,37)38)26-14-16-34(41(44)45)28-21-24-11-12-27(42)31-30(24)33(34,32(26)46-31)17-19-40(28)18-15-22-6-3-2-4-7-22/h2-13,20,26,28,32,42H,14-19,21H2,1H3/t26-,28+,32-,33-,34+/m0/s1. The van der Waals surface area contributed by atoms with Gasteiger partial charge in [0, 0.05) is 36.6 Å². The molecule has 1 saturated heterocycles. The van der Waals surface area contributed by atoms with E-state index in [1.165, 1.54) is 29.2 Å². The number of halogens is 3. The molecule has 2 bridgehead atoms. The number of nitro groups is 1. The minimum Gasteiger partial charge on any atom is -0.504 e. The van der Waals surface area contributed by atoms with Gasteiger partial charge in [0.05, 0.1) is 17.6 Å². The van der Waals surface area contributed by atoms with Crippen LogP contribution in [0, 0.1) is 10.1 Å². The van der Waals surface area contributed by atoms with Gasteiger partial charge < -0.3 is 14.7 Å². The summed E-state index contributed by atoms with van der Waals surface area (Å²) in [6.45, 7) is 1.26. The third kappa shape index (κ3) is 4.42. The molecule has 2 aliphatic carbocycles. The highest BCUT2D eigenvalue weighted by atomic mass is 19.4. The number of carbonyl (C=O) groups excluding carboxylic acids is 1. The molecule has 1 N–H and O–H groups in total. The van der Waals surface area contributed by atoms with Crippen molar-refractivity contribution in [1.29, 1.82) is 0 Å². The summed E-state index contributed by atoms with van der Waals surface area (Å²) < 4.78 is 46.2. The molecule has 1 amide bonds. The number of hydrogen-bond donors (Lipinski definition) is 1. The van der Waals surface area contributed by atoms with Crippen molar-refractivity contribution in [3.63, 3.8) is 0 Å². The molecular formula is C35H34F3N3O5. The number of benzene rings is 3. The van der Waals surface area contributed by atoms with Crippen LogP contribution in [-0.2, 0) is 29.2 Å². The highest BCUT2D eigenvalue weighted by molar-refractivity contribution is 5.92. The normalized spacial score (nSPS) is 28.0. The summed E-state index contributed by atoms with van der Waals surface area (Å²) in [5, 5.41) is 24.4. The van der Waals surface area contributed by atoms with Gasteiger partial charge in [0.1, 0.15) is 11.5 Å². The molecule has 3 aromatic rings. The molecule has 4 aliphatic rings. The first-order chi connectivity index (χ1) is 22.0. The van der Waals surface area contributed by atoms with Gasteiger partial charge in [0.2, 0.25) is 5.91 Å². The summed E-state index contributed by atoms with van der Waals surface area (Å²) in [6.07, 6.45) is -0.602. The number of piperidine rings is 1. The third-order valence-corrected chi connectivity index (χ3v) is 10.9. The zero-order valence-electron chi connectivity index (χ0n) is 25.2. The van der Waals surface area contributed by atoms with Crippen LogP contribution < -0.4 is 4.74 Å². The summed E-state index contributed by atoms with van der Waals surface area (Å²) in [6, 6.07) is 17.2.